The third-order valence-electron chi connectivity index (χ3n) is 8.22. The van der Waals surface area contributed by atoms with Crippen molar-refractivity contribution in [2.24, 2.45) is 0 Å². The summed E-state index contributed by atoms with van der Waals surface area (Å²) in [7, 11) is 3.11. The van der Waals surface area contributed by atoms with Crippen molar-refractivity contribution in [2.45, 2.75) is 114 Å². The monoisotopic (exact) mass is 700 g/mol. The summed E-state index contributed by atoms with van der Waals surface area (Å²) < 4.78 is 45.7. The molecule has 4 N–H and O–H groups in total. The Bertz CT molecular complexity index is 1170. The number of aliphatic hydroxyl groups excluding tert-OH is 4. The van der Waals surface area contributed by atoms with E-state index in [9.17, 15) is 30.0 Å². The van der Waals surface area contributed by atoms with Crippen molar-refractivity contribution in [3.05, 3.63) is 35.9 Å². The maximum absolute atomic E-state index is 13.6. The molecule has 16 heteroatoms. The van der Waals surface area contributed by atoms with Crippen LogP contribution in [0.2, 0.25) is 0 Å². The van der Waals surface area contributed by atoms with Gasteiger partial charge in [-0.1, -0.05) is 30.3 Å². The summed E-state index contributed by atoms with van der Waals surface area (Å²) in [5.74, 6) is -1.06. The van der Waals surface area contributed by atoms with E-state index >= 15 is 0 Å². The third kappa shape index (κ3) is 10.4. The van der Waals surface area contributed by atoms with Gasteiger partial charge in [0.15, 0.2) is 31.1 Å². The molecule has 3 fully saturated rings. The molecule has 0 bridgehead atoms. The first kappa shape index (κ1) is 39.5. The molecule has 3 aliphatic rings. The van der Waals surface area contributed by atoms with Gasteiger partial charge < -0.3 is 68.1 Å². The van der Waals surface area contributed by atoms with Gasteiger partial charge in [0.1, 0.15) is 36.6 Å². The Morgan fingerprint density at radius 2 is 1.27 bits per heavy atom. The lowest BCUT2D eigenvalue weighted by atomic mass is 9.97. The lowest BCUT2D eigenvalue weighted by Gasteiger charge is -2.44. The summed E-state index contributed by atoms with van der Waals surface area (Å²) in [5.41, 5.74) is 0.880. The number of amides is 2. The van der Waals surface area contributed by atoms with Crippen LogP contribution in [0.4, 0.5) is 0 Å². The summed E-state index contributed by atoms with van der Waals surface area (Å²) in [6, 6.07) is 9.33. The van der Waals surface area contributed by atoms with E-state index in [-0.39, 0.29) is 32.4 Å². The van der Waals surface area contributed by atoms with Crippen LogP contribution in [0.3, 0.4) is 0 Å². The molecule has 3 heterocycles. The van der Waals surface area contributed by atoms with Crippen LogP contribution in [-0.4, -0.2) is 169 Å². The minimum absolute atomic E-state index is 0.0874. The van der Waals surface area contributed by atoms with Crippen LogP contribution in [0.1, 0.15) is 33.3 Å². The van der Waals surface area contributed by atoms with Crippen molar-refractivity contribution in [1.82, 2.24) is 9.80 Å². The molecule has 0 spiro atoms. The zero-order chi connectivity index (χ0) is 35.8. The van der Waals surface area contributed by atoms with Crippen molar-refractivity contribution in [3.63, 3.8) is 0 Å². The second-order valence-electron chi connectivity index (χ2n) is 12.9. The summed E-state index contributed by atoms with van der Waals surface area (Å²) >= 11 is 0. The molecule has 0 aromatic heterocycles. The van der Waals surface area contributed by atoms with E-state index in [4.69, 9.17) is 37.9 Å². The van der Waals surface area contributed by atoms with E-state index in [1.165, 1.54) is 16.8 Å². The average Bonchev–Trinajstić information content (AvgIpc) is 3.57. The Labute approximate surface area is 286 Å². The number of rotatable bonds is 15. The second-order valence-corrected chi connectivity index (χ2v) is 12.9. The smallest absolute Gasteiger partial charge is 0.254 e. The Hall–Kier alpha value is -2.32. The van der Waals surface area contributed by atoms with Crippen LogP contribution in [0.25, 0.3) is 0 Å². The SMILES string of the molecule is CC(C)O[C@@H]1OC(C(=O)N(C)CC2OCCO2)[C@@H](OCCO[C@@H]2OC(C(=O)N(C)Cc3ccccc3)[C@@H](OC(C)C)[C@H](O)[C@@H]2O)[C@H](O)[C@@H]1O. The fraction of sp³-hybridized carbons (Fsp3) is 0.758. The van der Waals surface area contributed by atoms with E-state index in [0.717, 1.165) is 5.56 Å². The Kier molecular flexibility index (Phi) is 14.7. The highest BCUT2D eigenvalue weighted by Gasteiger charge is 2.51. The van der Waals surface area contributed by atoms with Crippen LogP contribution in [-0.2, 0) is 54.0 Å². The van der Waals surface area contributed by atoms with Crippen molar-refractivity contribution in [1.29, 1.82) is 0 Å². The molecule has 1 aromatic rings. The van der Waals surface area contributed by atoms with E-state index < -0.39 is 85.6 Å². The molecule has 0 aliphatic carbocycles. The first-order valence-corrected chi connectivity index (χ1v) is 16.6. The number of ether oxygens (including phenoxy) is 8. The van der Waals surface area contributed by atoms with E-state index in [1.54, 1.807) is 34.7 Å². The van der Waals surface area contributed by atoms with Gasteiger partial charge in [0, 0.05) is 20.6 Å². The molecule has 16 nitrogen and oxygen atoms in total. The fourth-order valence-corrected chi connectivity index (χ4v) is 5.79. The summed E-state index contributed by atoms with van der Waals surface area (Å²) in [4.78, 5) is 29.8. The van der Waals surface area contributed by atoms with Gasteiger partial charge in [0.25, 0.3) is 11.8 Å². The summed E-state index contributed by atoms with van der Waals surface area (Å²) in [6.07, 6.45) is -15.7. The number of benzene rings is 1. The molecule has 1 aromatic carbocycles. The van der Waals surface area contributed by atoms with Crippen molar-refractivity contribution in [3.8, 4) is 0 Å². The molecule has 278 valence electrons. The number of likely N-dealkylation sites (N-methyl/N-ethyl adjacent to an activating group) is 2. The van der Waals surface area contributed by atoms with E-state index in [2.05, 4.69) is 0 Å². The molecule has 10 atom stereocenters. The van der Waals surface area contributed by atoms with Gasteiger partial charge in [0.2, 0.25) is 0 Å². The summed E-state index contributed by atoms with van der Waals surface area (Å²) in [5, 5.41) is 43.7. The van der Waals surface area contributed by atoms with Crippen LogP contribution in [0.5, 0.6) is 0 Å². The maximum atomic E-state index is 13.6. The normalized spacial score (nSPS) is 32.5. The number of carbonyl (C=O) groups is 2. The molecule has 0 radical (unpaired) electrons. The minimum Gasteiger partial charge on any atom is -0.387 e. The van der Waals surface area contributed by atoms with Crippen molar-refractivity contribution >= 4 is 11.8 Å². The molecular formula is C33H52N2O14. The van der Waals surface area contributed by atoms with Crippen LogP contribution in [0.15, 0.2) is 30.3 Å². The van der Waals surface area contributed by atoms with Gasteiger partial charge in [0.05, 0.1) is 45.2 Å². The van der Waals surface area contributed by atoms with Gasteiger partial charge >= 0.3 is 0 Å². The average molecular weight is 701 g/mol. The van der Waals surface area contributed by atoms with Crippen molar-refractivity contribution in [2.75, 3.05) is 47.1 Å². The molecule has 4 rings (SSSR count). The molecule has 49 heavy (non-hydrogen) atoms. The highest BCUT2D eigenvalue weighted by atomic mass is 16.7. The lowest BCUT2D eigenvalue weighted by molar-refractivity contribution is -0.314. The maximum Gasteiger partial charge on any atom is 0.254 e. The van der Waals surface area contributed by atoms with E-state index in [1.807, 2.05) is 30.3 Å². The van der Waals surface area contributed by atoms with Crippen LogP contribution in [0, 0.1) is 0 Å². The first-order chi connectivity index (χ1) is 23.3. The fourth-order valence-electron chi connectivity index (χ4n) is 5.79. The third-order valence-corrected chi connectivity index (χ3v) is 8.22. The highest BCUT2D eigenvalue weighted by Crippen LogP contribution is 2.29. The molecule has 3 aliphatic heterocycles. The molecule has 3 saturated heterocycles. The number of aliphatic hydroxyl groups is 4. The zero-order valence-corrected chi connectivity index (χ0v) is 28.9. The van der Waals surface area contributed by atoms with Gasteiger partial charge in [-0.05, 0) is 33.3 Å². The number of carbonyl (C=O) groups excluding carboxylic acids is 2. The zero-order valence-electron chi connectivity index (χ0n) is 28.9. The predicted molar refractivity (Wildman–Crippen MR) is 170 cm³/mol. The standard InChI is InChI=1S/C33H52N2O14/c1-18(2)46-27-23(37)24(38)32(48-29(27)31(41)34(5)16-20-10-8-7-9-11-20)45-15-14-44-26-22(36)25(39)33(47-19(3)4)49-28(26)30(40)35(6)17-21-42-12-13-43-21/h7-11,18-19,21-29,32-33,36-39H,12-17H2,1-6H3/t22-,23-,24+,25+,26+,27+,28?,29?,32-,33-/m1/s1. The van der Waals surface area contributed by atoms with Crippen LogP contribution < -0.4 is 0 Å². The minimum atomic E-state index is -1.59. The second kappa shape index (κ2) is 18.3. The first-order valence-electron chi connectivity index (χ1n) is 16.6. The molecule has 0 saturated carbocycles. The Morgan fingerprint density at radius 3 is 1.90 bits per heavy atom. The molecular weight excluding hydrogens is 648 g/mol. The van der Waals surface area contributed by atoms with Gasteiger partial charge in [-0.2, -0.15) is 0 Å². The van der Waals surface area contributed by atoms with Gasteiger partial charge in [-0.3, -0.25) is 9.59 Å². The number of hydrogen-bond donors (Lipinski definition) is 4. The largest absolute Gasteiger partial charge is 0.387 e. The quantitative estimate of drug-likeness (QED) is 0.163. The van der Waals surface area contributed by atoms with Crippen molar-refractivity contribution < 1.29 is 67.9 Å². The molecule has 2 unspecified atom stereocenters. The topological polar surface area (TPSA) is 195 Å². The van der Waals surface area contributed by atoms with Gasteiger partial charge in [-0.15, -0.1) is 0 Å². The van der Waals surface area contributed by atoms with Crippen LogP contribution >= 0.6 is 0 Å². The highest BCUT2D eigenvalue weighted by molar-refractivity contribution is 5.82. The molecule has 2 amide bonds. The van der Waals surface area contributed by atoms with Gasteiger partial charge in [-0.25, -0.2) is 0 Å². The Morgan fingerprint density at radius 1 is 0.735 bits per heavy atom. The van der Waals surface area contributed by atoms with E-state index in [0.29, 0.717) is 13.2 Å². The number of nitrogens with zero attached hydrogens (tertiary/aromatic N) is 2. The summed E-state index contributed by atoms with van der Waals surface area (Å²) in [6.45, 7) is 7.52. The number of hydrogen-bond acceptors (Lipinski definition) is 14. The Balaban J connectivity index is 1.41. The predicted octanol–water partition coefficient (Wildman–Crippen LogP) is -1.01. The lowest BCUT2D eigenvalue weighted by Crippen LogP contribution is -2.64.